The molecule has 0 radical (unpaired) electrons. The maximum Gasteiger partial charge on any atom is 0.419 e. The van der Waals surface area contributed by atoms with Crippen LogP contribution in [-0.4, -0.2) is 78.3 Å². The summed E-state index contributed by atoms with van der Waals surface area (Å²) >= 11 is 0. The van der Waals surface area contributed by atoms with Crippen molar-refractivity contribution >= 4 is 27.0 Å². The summed E-state index contributed by atoms with van der Waals surface area (Å²) < 4.78 is 34.3. The van der Waals surface area contributed by atoms with Crippen LogP contribution in [-0.2, 0) is 21.9 Å². The molecule has 1 aliphatic carbocycles. The fourth-order valence-corrected chi connectivity index (χ4v) is 7.09. The molecular formula is C23H32N4O5S. The van der Waals surface area contributed by atoms with E-state index in [0.29, 0.717) is 37.5 Å². The summed E-state index contributed by atoms with van der Waals surface area (Å²) in [5, 5.41) is 0. The van der Waals surface area contributed by atoms with Crippen molar-refractivity contribution in [2.24, 2.45) is 13.0 Å². The first kappa shape index (κ1) is 22.6. The van der Waals surface area contributed by atoms with E-state index in [9.17, 15) is 18.0 Å². The molecule has 5 rings (SSSR count). The van der Waals surface area contributed by atoms with Gasteiger partial charge in [-0.2, -0.15) is 4.31 Å². The van der Waals surface area contributed by atoms with Gasteiger partial charge in [-0.3, -0.25) is 14.3 Å². The van der Waals surface area contributed by atoms with Crippen LogP contribution in [0.3, 0.4) is 0 Å². The Morgan fingerprint density at radius 2 is 1.64 bits per heavy atom. The van der Waals surface area contributed by atoms with E-state index < -0.39 is 15.8 Å². The molecule has 2 aliphatic heterocycles. The second-order valence-electron chi connectivity index (χ2n) is 9.53. The molecule has 1 aromatic heterocycles. The van der Waals surface area contributed by atoms with Crippen LogP contribution >= 0.6 is 0 Å². The molecular weight excluding hydrogens is 444 g/mol. The SMILES string of the molecule is Cn1c(=O)oc2cc(S(=O)(=O)N3CCC(C(=O)N4CCN(C5CCCC5)CC4)CC3)ccc21. The molecule has 1 amide bonds. The molecule has 1 saturated carbocycles. The average molecular weight is 477 g/mol. The van der Waals surface area contributed by atoms with E-state index in [0.717, 1.165) is 26.2 Å². The molecule has 33 heavy (non-hydrogen) atoms. The highest BCUT2D eigenvalue weighted by atomic mass is 32.2. The van der Waals surface area contributed by atoms with Crippen LogP contribution in [0.25, 0.3) is 11.1 Å². The zero-order valence-electron chi connectivity index (χ0n) is 19.1. The molecule has 0 spiro atoms. The van der Waals surface area contributed by atoms with Gasteiger partial charge in [-0.15, -0.1) is 0 Å². The van der Waals surface area contributed by atoms with E-state index in [1.54, 1.807) is 13.1 Å². The highest BCUT2D eigenvalue weighted by Crippen LogP contribution is 2.28. The van der Waals surface area contributed by atoms with E-state index in [2.05, 4.69) is 4.90 Å². The van der Waals surface area contributed by atoms with Gasteiger partial charge in [0.15, 0.2) is 5.58 Å². The summed E-state index contributed by atoms with van der Waals surface area (Å²) in [6, 6.07) is 5.20. The largest absolute Gasteiger partial charge is 0.419 e. The van der Waals surface area contributed by atoms with Crippen LogP contribution in [0, 0.1) is 5.92 Å². The van der Waals surface area contributed by atoms with E-state index in [1.165, 1.54) is 46.7 Å². The number of benzene rings is 1. The molecule has 180 valence electrons. The standard InChI is InChI=1S/C23H32N4O5S/c1-24-20-7-6-19(16-21(20)32-23(24)29)33(30,31)27-10-8-17(9-11-27)22(28)26-14-12-25(13-15-26)18-4-2-3-5-18/h6-7,16-18H,2-5,8-15H2,1H3. The molecule has 2 saturated heterocycles. The lowest BCUT2D eigenvalue weighted by Gasteiger charge is -2.40. The zero-order valence-corrected chi connectivity index (χ0v) is 19.9. The van der Waals surface area contributed by atoms with Gasteiger partial charge >= 0.3 is 5.76 Å². The molecule has 3 aliphatic rings. The first-order chi connectivity index (χ1) is 15.8. The third kappa shape index (κ3) is 4.24. The molecule has 0 atom stereocenters. The third-order valence-electron chi connectivity index (χ3n) is 7.67. The number of fused-ring (bicyclic) bond motifs is 1. The van der Waals surface area contributed by atoms with Gasteiger partial charge in [-0.1, -0.05) is 12.8 Å². The van der Waals surface area contributed by atoms with Gasteiger partial charge in [-0.05, 0) is 37.8 Å². The van der Waals surface area contributed by atoms with Crippen LogP contribution in [0.1, 0.15) is 38.5 Å². The number of rotatable bonds is 4. The summed E-state index contributed by atoms with van der Waals surface area (Å²) in [7, 11) is -2.14. The van der Waals surface area contributed by atoms with Gasteiger partial charge in [0.05, 0.1) is 10.4 Å². The second-order valence-corrected chi connectivity index (χ2v) is 11.5. The minimum atomic E-state index is -3.72. The first-order valence-electron chi connectivity index (χ1n) is 12.0. The Bertz CT molecular complexity index is 1180. The lowest BCUT2D eigenvalue weighted by Crippen LogP contribution is -2.53. The minimum Gasteiger partial charge on any atom is -0.408 e. The van der Waals surface area contributed by atoms with Crippen molar-refractivity contribution in [3.8, 4) is 0 Å². The lowest BCUT2D eigenvalue weighted by atomic mass is 9.96. The highest BCUT2D eigenvalue weighted by Gasteiger charge is 2.35. The van der Waals surface area contributed by atoms with Gasteiger partial charge < -0.3 is 9.32 Å². The number of sulfonamides is 1. The van der Waals surface area contributed by atoms with Crippen molar-refractivity contribution in [1.29, 1.82) is 0 Å². The number of carbonyl (C=O) groups is 1. The number of aryl methyl sites for hydroxylation is 1. The Morgan fingerprint density at radius 3 is 2.30 bits per heavy atom. The fourth-order valence-electron chi connectivity index (χ4n) is 5.60. The van der Waals surface area contributed by atoms with Crippen molar-refractivity contribution in [3.63, 3.8) is 0 Å². The quantitative estimate of drug-likeness (QED) is 0.665. The number of oxazole rings is 1. The zero-order chi connectivity index (χ0) is 23.2. The van der Waals surface area contributed by atoms with Crippen LogP contribution < -0.4 is 5.76 Å². The van der Waals surface area contributed by atoms with Gasteiger partial charge in [-0.25, -0.2) is 13.2 Å². The molecule has 3 fully saturated rings. The van der Waals surface area contributed by atoms with Crippen LogP contribution in [0.4, 0.5) is 0 Å². The van der Waals surface area contributed by atoms with Crippen molar-refractivity contribution in [2.75, 3.05) is 39.3 Å². The van der Waals surface area contributed by atoms with Crippen molar-refractivity contribution in [1.82, 2.24) is 18.7 Å². The van der Waals surface area contributed by atoms with Crippen molar-refractivity contribution < 1.29 is 17.6 Å². The first-order valence-corrected chi connectivity index (χ1v) is 13.4. The Labute approximate surface area is 194 Å². The van der Waals surface area contributed by atoms with E-state index >= 15 is 0 Å². The predicted molar refractivity (Wildman–Crippen MR) is 123 cm³/mol. The molecule has 10 heteroatoms. The monoisotopic (exact) mass is 476 g/mol. The van der Waals surface area contributed by atoms with Gasteiger partial charge in [0.25, 0.3) is 0 Å². The number of piperidine rings is 1. The van der Waals surface area contributed by atoms with Crippen LogP contribution in [0.15, 0.2) is 32.3 Å². The number of amides is 1. The molecule has 9 nitrogen and oxygen atoms in total. The maximum absolute atomic E-state index is 13.2. The van der Waals surface area contributed by atoms with Crippen LogP contribution in [0.2, 0.25) is 0 Å². The molecule has 3 heterocycles. The smallest absolute Gasteiger partial charge is 0.408 e. The van der Waals surface area contributed by atoms with Crippen molar-refractivity contribution in [3.05, 3.63) is 28.7 Å². The summed E-state index contributed by atoms with van der Waals surface area (Å²) in [5.41, 5.74) is 0.807. The Kier molecular flexibility index (Phi) is 6.09. The number of nitrogens with zero attached hydrogens (tertiary/aromatic N) is 4. The van der Waals surface area contributed by atoms with E-state index in [4.69, 9.17) is 4.42 Å². The normalized spacial score (nSPS) is 22.4. The van der Waals surface area contributed by atoms with E-state index in [1.807, 2.05) is 4.90 Å². The topological polar surface area (TPSA) is 96.1 Å². The minimum absolute atomic E-state index is 0.108. The third-order valence-corrected chi connectivity index (χ3v) is 9.57. The number of carbonyl (C=O) groups excluding carboxylic acids is 1. The van der Waals surface area contributed by atoms with Gasteiger partial charge in [0.1, 0.15) is 0 Å². The number of piperazine rings is 1. The fraction of sp³-hybridized carbons (Fsp3) is 0.652. The molecule has 1 aromatic carbocycles. The Balaban J connectivity index is 1.19. The summed E-state index contributed by atoms with van der Waals surface area (Å²) in [4.78, 5) is 29.4. The number of hydrogen-bond donors (Lipinski definition) is 0. The number of hydrogen-bond acceptors (Lipinski definition) is 6. The Morgan fingerprint density at radius 1 is 0.970 bits per heavy atom. The van der Waals surface area contributed by atoms with Gasteiger partial charge in [0.2, 0.25) is 15.9 Å². The van der Waals surface area contributed by atoms with E-state index in [-0.39, 0.29) is 22.3 Å². The summed E-state index contributed by atoms with van der Waals surface area (Å²) in [5.74, 6) is -0.474. The summed E-state index contributed by atoms with van der Waals surface area (Å²) in [6.45, 7) is 4.07. The maximum atomic E-state index is 13.2. The highest BCUT2D eigenvalue weighted by molar-refractivity contribution is 7.89. The molecule has 2 aromatic rings. The molecule has 0 bridgehead atoms. The van der Waals surface area contributed by atoms with Crippen molar-refractivity contribution in [2.45, 2.75) is 49.5 Å². The predicted octanol–water partition coefficient (Wildman–Crippen LogP) is 1.62. The summed E-state index contributed by atoms with van der Waals surface area (Å²) in [6.07, 6.45) is 6.26. The number of aromatic nitrogens is 1. The Hall–Kier alpha value is -2.17. The average Bonchev–Trinajstić information content (AvgIpc) is 3.47. The van der Waals surface area contributed by atoms with Crippen LogP contribution in [0.5, 0.6) is 0 Å². The van der Waals surface area contributed by atoms with Gasteiger partial charge in [0, 0.05) is 64.3 Å². The second kappa shape index (κ2) is 8.88. The lowest BCUT2D eigenvalue weighted by molar-refractivity contribution is -0.138. The molecule has 0 N–H and O–H groups in total. The molecule has 0 unspecified atom stereocenters.